The molecule has 8 nitrogen and oxygen atoms in total. The topological polar surface area (TPSA) is 80.4 Å². The van der Waals surface area contributed by atoms with Crippen molar-refractivity contribution in [3.63, 3.8) is 0 Å². The van der Waals surface area contributed by atoms with Crippen LogP contribution in [0.1, 0.15) is 20.8 Å². The van der Waals surface area contributed by atoms with E-state index in [9.17, 15) is 18.0 Å². The highest BCUT2D eigenvalue weighted by atomic mass is 28.4. The molecule has 3 aromatic carbocycles. The Hall–Kier alpha value is -4.89. The summed E-state index contributed by atoms with van der Waals surface area (Å²) in [7, 11) is -2.14. The first-order valence-electron chi connectivity index (χ1n) is 15.4. The van der Waals surface area contributed by atoms with E-state index in [2.05, 4.69) is 10.1 Å². The zero-order valence-electron chi connectivity index (χ0n) is 27.5. The number of ether oxygens (including phenoxy) is 2. The Morgan fingerprint density at radius 1 is 0.800 bits per heavy atom. The summed E-state index contributed by atoms with van der Waals surface area (Å²) in [6.07, 6.45) is -10.5. The van der Waals surface area contributed by atoms with Crippen molar-refractivity contribution in [1.82, 2.24) is 19.3 Å². The molecule has 0 spiro atoms. The van der Waals surface area contributed by atoms with E-state index in [0.717, 1.165) is 10.6 Å². The summed E-state index contributed by atoms with van der Waals surface area (Å²) >= 11 is 0. The molecule has 0 saturated carbocycles. The molecule has 5 aromatic rings. The first kappa shape index (κ1) is 36.4. The van der Waals surface area contributed by atoms with E-state index in [1.54, 1.807) is 73.8 Å². The van der Waals surface area contributed by atoms with Crippen LogP contribution in [0.3, 0.4) is 0 Å². The van der Waals surface area contributed by atoms with Gasteiger partial charge in [-0.05, 0) is 45.7 Å². The first-order valence-corrected chi connectivity index (χ1v) is 17.3. The van der Waals surface area contributed by atoms with E-state index in [4.69, 9.17) is 13.9 Å². The lowest BCUT2D eigenvalue weighted by Gasteiger charge is -2.45. The van der Waals surface area contributed by atoms with Crippen molar-refractivity contribution in [2.45, 2.75) is 44.3 Å². The second-order valence-corrected chi connectivity index (χ2v) is 16.7. The molecule has 0 aliphatic rings. The van der Waals surface area contributed by atoms with Gasteiger partial charge in [0.05, 0.1) is 17.1 Å². The van der Waals surface area contributed by atoms with Gasteiger partial charge < -0.3 is 13.9 Å². The minimum absolute atomic E-state index is 0.0601. The number of hydrogen-bond acceptors (Lipinski definition) is 6. The summed E-state index contributed by atoms with van der Waals surface area (Å²) in [5.74, 6) is -0.142. The number of rotatable bonds is 11. The van der Waals surface area contributed by atoms with Crippen molar-refractivity contribution in [2.75, 3.05) is 13.2 Å². The maximum absolute atomic E-state index is 15.1. The summed E-state index contributed by atoms with van der Waals surface area (Å²) in [6, 6.07) is 24.7. The molecule has 5 rings (SSSR count). The predicted octanol–water partition coefficient (Wildman–Crippen LogP) is 6.46. The third-order valence-electron chi connectivity index (χ3n) is 7.93. The molecule has 0 bridgehead atoms. The van der Waals surface area contributed by atoms with Crippen LogP contribution in [0, 0.1) is 0 Å². The van der Waals surface area contributed by atoms with Crippen LogP contribution in [0.2, 0.25) is 5.04 Å². The van der Waals surface area contributed by atoms with Gasteiger partial charge in [0.2, 0.25) is 0 Å². The number of hydrogen-bond donors (Lipinski definition) is 0. The summed E-state index contributed by atoms with van der Waals surface area (Å²) in [4.78, 5) is 18.0. The largest absolute Gasteiger partial charge is 0.484 e. The van der Waals surface area contributed by atoms with Crippen LogP contribution in [0.15, 0.2) is 108 Å². The van der Waals surface area contributed by atoms with Crippen molar-refractivity contribution in [2.24, 2.45) is 7.05 Å². The summed E-state index contributed by atoms with van der Waals surface area (Å²) in [6.45, 7) is 2.90. The molecule has 0 radical (unpaired) electrons. The molecule has 0 saturated heterocycles. The van der Waals surface area contributed by atoms with Crippen LogP contribution in [-0.4, -0.2) is 59.3 Å². The van der Waals surface area contributed by atoms with E-state index in [-0.39, 0.29) is 17.1 Å². The number of halogens is 6. The van der Waals surface area contributed by atoms with Gasteiger partial charge >= 0.3 is 18.4 Å². The molecule has 0 aliphatic heterocycles. The van der Waals surface area contributed by atoms with Crippen molar-refractivity contribution in [3.05, 3.63) is 114 Å². The van der Waals surface area contributed by atoms with Gasteiger partial charge in [-0.25, -0.2) is 4.57 Å². The van der Waals surface area contributed by atoms with Gasteiger partial charge in [-0.15, -0.1) is 0 Å². The number of alkyl halides is 6. The highest BCUT2D eigenvalue weighted by Gasteiger charge is 2.55. The predicted molar refractivity (Wildman–Crippen MR) is 178 cm³/mol. The molecule has 2 aromatic heterocycles. The molecule has 0 aliphatic carbocycles. The fourth-order valence-electron chi connectivity index (χ4n) is 5.66. The number of nitrogens with zero attached hydrogens (tertiary/aromatic N) is 4. The van der Waals surface area contributed by atoms with Crippen molar-refractivity contribution in [3.8, 4) is 28.8 Å². The molecular weight excluding hydrogens is 682 g/mol. The quantitative estimate of drug-likeness (QED) is 0.115. The molecule has 15 heteroatoms. The minimum Gasteiger partial charge on any atom is -0.484 e. The Kier molecular flexibility index (Phi) is 10.3. The zero-order chi connectivity index (χ0) is 36.3. The molecule has 1 unspecified atom stereocenters. The Balaban J connectivity index is 1.58. The van der Waals surface area contributed by atoms with Gasteiger partial charge in [0.1, 0.15) is 12.4 Å². The highest BCUT2D eigenvalue weighted by Crippen LogP contribution is 2.40. The second kappa shape index (κ2) is 14.1. The Morgan fingerprint density at radius 2 is 1.38 bits per heavy atom. The monoisotopic (exact) mass is 716 g/mol. The molecule has 0 N–H and O–H groups in total. The Morgan fingerprint density at radius 3 is 1.86 bits per heavy atom. The van der Waals surface area contributed by atoms with Gasteiger partial charge in [-0.3, -0.25) is 9.48 Å². The van der Waals surface area contributed by atoms with E-state index in [1.165, 1.54) is 35.1 Å². The highest BCUT2D eigenvalue weighted by molar-refractivity contribution is 6.99. The molecule has 264 valence electrons. The van der Waals surface area contributed by atoms with Crippen LogP contribution in [0.4, 0.5) is 26.3 Å². The standard InChI is InChI=1S/C35H34F6N4O4Si/c1-33(2,3)50(26-11-7-5-8-12-26,27-13-9-6-10-14-27)49-30(35(39,40)41)22-47-32-43-28(29-19-20-42-44(29)4)21-31(46)45(32)24-15-17-25(18-16-24)48-23-34(36,37)38/h5-21,30H,22-23H2,1-4H3. The minimum atomic E-state index is -4.92. The third-order valence-corrected chi connectivity index (χ3v) is 13.0. The maximum atomic E-state index is 15.1. The van der Waals surface area contributed by atoms with Crippen LogP contribution >= 0.6 is 0 Å². The SMILES string of the molecule is Cn1nccc1-c1cc(=O)n(-c2ccc(OCC(F)(F)F)cc2)c(OCC(O[Si](c2ccccc2)(c2ccccc2)C(C)(C)C)C(F)(F)F)n1. The molecule has 0 amide bonds. The summed E-state index contributed by atoms with van der Waals surface area (Å²) < 4.78 is 102. The lowest BCUT2D eigenvalue weighted by molar-refractivity contribution is -0.205. The van der Waals surface area contributed by atoms with Crippen LogP contribution in [0.25, 0.3) is 17.1 Å². The van der Waals surface area contributed by atoms with E-state index in [0.29, 0.717) is 16.1 Å². The lowest BCUT2D eigenvalue weighted by atomic mass is 10.2. The number of aromatic nitrogens is 4. The average Bonchev–Trinajstić information content (AvgIpc) is 3.49. The van der Waals surface area contributed by atoms with Crippen LogP contribution in [-0.2, 0) is 11.5 Å². The Labute approximate surface area is 285 Å². The summed E-state index contributed by atoms with van der Waals surface area (Å²) in [5.41, 5.74) is -0.217. The fourth-order valence-corrected chi connectivity index (χ4v) is 10.3. The smallest absolute Gasteiger partial charge is 0.422 e. The molecule has 1 atom stereocenters. The normalized spacial score (nSPS) is 13.2. The number of benzene rings is 3. The maximum Gasteiger partial charge on any atom is 0.422 e. The van der Waals surface area contributed by atoms with Gasteiger partial charge in [-0.2, -0.15) is 36.4 Å². The molecule has 50 heavy (non-hydrogen) atoms. The van der Waals surface area contributed by atoms with Gasteiger partial charge in [-0.1, -0.05) is 81.4 Å². The molecule has 0 fully saturated rings. The number of aryl methyl sites for hydroxylation is 1. The second-order valence-electron chi connectivity index (χ2n) is 12.5. The Bertz CT molecular complexity index is 1900. The average molecular weight is 717 g/mol. The summed E-state index contributed by atoms with van der Waals surface area (Å²) in [5, 5.41) is 4.52. The van der Waals surface area contributed by atoms with Gasteiger partial charge in [0, 0.05) is 19.3 Å². The van der Waals surface area contributed by atoms with Crippen LogP contribution in [0.5, 0.6) is 11.8 Å². The lowest BCUT2D eigenvalue weighted by Crippen LogP contribution is -2.69. The van der Waals surface area contributed by atoms with E-state index < -0.39 is 56.6 Å². The van der Waals surface area contributed by atoms with E-state index in [1.807, 2.05) is 20.8 Å². The molecule has 2 heterocycles. The van der Waals surface area contributed by atoms with Gasteiger partial charge in [0.25, 0.3) is 13.9 Å². The van der Waals surface area contributed by atoms with Crippen molar-refractivity contribution < 1.29 is 40.2 Å². The first-order chi connectivity index (χ1) is 23.5. The van der Waals surface area contributed by atoms with E-state index >= 15 is 13.2 Å². The third kappa shape index (κ3) is 7.94. The molecular formula is C35H34F6N4O4Si. The van der Waals surface area contributed by atoms with Crippen molar-refractivity contribution >= 4 is 18.7 Å². The van der Waals surface area contributed by atoms with Crippen molar-refractivity contribution in [1.29, 1.82) is 0 Å². The zero-order valence-corrected chi connectivity index (χ0v) is 28.5. The van der Waals surface area contributed by atoms with Gasteiger partial charge in [0.15, 0.2) is 12.7 Å². The van der Waals surface area contributed by atoms with Crippen LogP contribution < -0.4 is 25.4 Å². The fraction of sp³-hybridized carbons (Fsp3) is 0.286.